The summed E-state index contributed by atoms with van der Waals surface area (Å²) in [7, 11) is 3.23. The minimum atomic E-state index is -0.0428. The standard InChI is InChI=1S/C21H25N5O4/c1-13-18-19(23-12-24-21(18)30-25-13)26-8-6-14(7-9-26)20(27)22-11-15-10-16(28-2)4-5-17(15)29-3/h4-5,10,12,14H,6-9,11H2,1-3H3,(H,22,27). The molecule has 1 amide bonds. The summed E-state index contributed by atoms with van der Waals surface area (Å²) in [6.45, 7) is 3.74. The fourth-order valence-corrected chi connectivity index (χ4v) is 3.84. The third-order valence-electron chi connectivity index (χ3n) is 5.53. The van der Waals surface area contributed by atoms with Gasteiger partial charge in [-0.3, -0.25) is 4.79 Å². The number of nitrogens with zero attached hydrogens (tertiary/aromatic N) is 4. The summed E-state index contributed by atoms with van der Waals surface area (Å²) < 4.78 is 15.9. The van der Waals surface area contributed by atoms with Gasteiger partial charge in [0.05, 0.1) is 19.9 Å². The lowest BCUT2D eigenvalue weighted by Gasteiger charge is -2.32. The SMILES string of the molecule is COc1ccc(OC)c(CNC(=O)C2CCN(c3ncnc4onc(C)c34)CC2)c1. The van der Waals surface area contributed by atoms with Crippen molar-refractivity contribution in [2.45, 2.75) is 26.3 Å². The van der Waals surface area contributed by atoms with Crippen molar-refractivity contribution in [3.8, 4) is 11.5 Å². The van der Waals surface area contributed by atoms with E-state index < -0.39 is 0 Å². The molecule has 0 unspecified atom stereocenters. The summed E-state index contributed by atoms with van der Waals surface area (Å²) in [6, 6.07) is 5.55. The molecule has 3 heterocycles. The number of carbonyl (C=O) groups excluding carboxylic acids is 1. The van der Waals surface area contributed by atoms with Crippen LogP contribution in [0.25, 0.3) is 11.1 Å². The van der Waals surface area contributed by atoms with E-state index >= 15 is 0 Å². The molecule has 9 nitrogen and oxygen atoms in total. The summed E-state index contributed by atoms with van der Waals surface area (Å²) in [4.78, 5) is 23.5. The second kappa shape index (κ2) is 8.56. The Morgan fingerprint density at radius 2 is 2.03 bits per heavy atom. The highest BCUT2D eigenvalue weighted by molar-refractivity contribution is 5.88. The molecule has 1 aliphatic rings. The van der Waals surface area contributed by atoms with Crippen LogP contribution in [0.1, 0.15) is 24.1 Å². The van der Waals surface area contributed by atoms with E-state index in [1.54, 1.807) is 14.2 Å². The number of amides is 1. The van der Waals surface area contributed by atoms with Gasteiger partial charge in [-0.2, -0.15) is 4.98 Å². The van der Waals surface area contributed by atoms with Crippen LogP contribution in [0.5, 0.6) is 11.5 Å². The molecule has 3 aromatic rings. The van der Waals surface area contributed by atoms with Crippen molar-refractivity contribution in [2.24, 2.45) is 5.92 Å². The van der Waals surface area contributed by atoms with Gasteiger partial charge < -0.3 is 24.2 Å². The number of aryl methyl sites for hydroxylation is 1. The van der Waals surface area contributed by atoms with E-state index in [1.165, 1.54) is 6.33 Å². The molecular weight excluding hydrogens is 386 g/mol. The second-order valence-electron chi connectivity index (χ2n) is 7.30. The number of aromatic nitrogens is 3. The maximum absolute atomic E-state index is 12.7. The Morgan fingerprint density at radius 3 is 2.77 bits per heavy atom. The Bertz CT molecular complexity index is 1040. The first-order valence-electron chi connectivity index (χ1n) is 9.91. The van der Waals surface area contributed by atoms with Crippen LogP contribution in [-0.2, 0) is 11.3 Å². The molecule has 158 valence electrons. The van der Waals surface area contributed by atoms with Crippen LogP contribution < -0.4 is 19.7 Å². The second-order valence-corrected chi connectivity index (χ2v) is 7.30. The molecule has 0 spiro atoms. The zero-order valence-corrected chi connectivity index (χ0v) is 17.3. The van der Waals surface area contributed by atoms with E-state index in [0.29, 0.717) is 12.3 Å². The highest BCUT2D eigenvalue weighted by Crippen LogP contribution is 2.29. The van der Waals surface area contributed by atoms with Crippen molar-refractivity contribution in [1.29, 1.82) is 0 Å². The summed E-state index contributed by atoms with van der Waals surface area (Å²) in [5, 5.41) is 7.87. The minimum Gasteiger partial charge on any atom is -0.497 e. The number of carbonyl (C=O) groups is 1. The number of rotatable bonds is 6. The molecule has 1 fully saturated rings. The lowest BCUT2D eigenvalue weighted by Crippen LogP contribution is -2.40. The molecule has 1 aliphatic heterocycles. The van der Waals surface area contributed by atoms with Gasteiger partial charge in [0.15, 0.2) is 0 Å². The highest BCUT2D eigenvalue weighted by atomic mass is 16.5. The maximum atomic E-state index is 12.7. The molecule has 30 heavy (non-hydrogen) atoms. The van der Waals surface area contributed by atoms with Gasteiger partial charge in [-0.05, 0) is 38.0 Å². The normalized spacial score (nSPS) is 14.7. The Kier molecular flexibility index (Phi) is 5.69. The first-order valence-corrected chi connectivity index (χ1v) is 9.91. The van der Waals surface area contributed by atoms with Gasteiger partial charge >= 0.3 is 0 Å². The highest BCUT2D eigenvalue weighted by Gasteiger charge is 2.27. The van der Waals surface area contributed by atoms with Crippen molar-refractivity contribution in [3.63, 3.8) is 0 Å². The monoisotopic (exact) mass is 411 g/mol. The molecule has 0 radical (unpaired) electrons. The van der Waals surface area contributed by atoms with Gasteiger partial charge in [0.25, 0.3) is 5.71 Å². The van der Waals surface area contributed by atoms with E-state index in [4.69, 9.17) is 14.0 Å². The minimum absolute atomic E-state index is 0.0428. The molecule has 0 bridgehead atoms. The summed E-state index contributed by atoms with van der Waals surface area (Å²) in [5.74, 6) is 2.28. The Morgan fingerprint density at radius 1 is 1.23 bits per heavy atom. The number of piperidine rings is 1. The Labute approximate surface area is 174 Å². The van der Waals surface area contributed by atoms with Crippen LogP contribution in [0.2, 0.25) is 0 Å². The van der Waals surface area contributed by atoms with E-state index in [2.05, 4.69) is 25.3 Å². The molecule has 0 atom stereocenters. The van der Waals surface area contributed by atoms with Gasteiger partial charge in [-0.25, -0.2) is 4.98 Å². The van der Waals surface area contributed by atoms with Crippen molar-refractivity contribution in [3.05, 3.63) is 35.8 Å². The molecule has 2 aromatic heterocycles. The zero-order chi connectivity index (χ0) is 21.1. The van der Waals surface area contributed by atoms with E-state index in [1.807, 2.05) is 25.1 Å². The first-order chi connectivity index (χ1) is 14.6. The summed E-state index contributed by atoms with van der Waals surface area (Å²) >= 11 is 0. The number of methoxy groups -OCH3 is 2. The smallest absolute Gasteiger partial charge is 0.263 e. The molecule has 4 rings (SSSR count). The van der Waals surface area contributed by atoms with Gasteiger partial charge in [0.2, 0.25) is 5.91 Å². The van der Waals surface area contributed by atoms with E-state index in [-0.39, 0.29) is 11.8 Å². The van der Waals surface area contributed by atoms with Crippen LogP contribution in [0, 0.1) is 12.8 Å². The van der Waals surface area contributed by atoms with Crippen LogP contribution in [0.15, 0.2) is 29.0 Å². The first kappa shape index (κ1) is 19.9. The van der Waals surface area contributed by atoms with Crippen molar-refractivity contribution >= 4 is 22.8 Å². The number of benzene rings is 1. The van der Waals surface area contributed by atoms with Gasteiger partial charge in [-0.1, -0.05) is 5.16 Å². The zero-order valence-electron chi connectivity index (χ0n) is 17.3. The van der Waals surface area contributed by atoms with Crippen LogP contribution >= 0.6 is 0 Å². The average Bonchev–Trinajstić information content (AvgIpc) is 3.18. The fourth-order valence-electron chi connectivity index (χ4n) is 3.84. The Balaban J connectivity index is 1.37. The van der Waals surface area contributed by atoms with E-state index in [9.17, 15) is 4.79 Å². The lowest BCUT2D eigenvalue weighted by atomic mass is 9.95. The summed E-state index contributed by atoms with van der Waals surface area (Å²) in [6.07, 6.45) is 2.98. The predicted octanol–water partition coefficient (Wildman–Crippen LogP) is 2.48. The Hall–Kier alpha value is -3.36. The largest absolute Gasteiger partial charge is 0.497 e. The third kappa shape index (κ3) is 3.87. The van der Waals surface area contributed by atoms with Crippen LogP contribution in [0.3, 0.4) is 0 Å². The van der Waals surface area contributed by atoms with Crippen LogP contribution in [0.4, 0.5) is 5.82 Å². The number of ether oxygens (including phenoxy) is 2. The lowest BCUT2D eigenvalue weighted by molar-refractivity contribution is -0.125. The van der Waals surface area contributed by atoms with Gasteiger partial charge in [0.1, 0.15) is 29.0 Å². The molecule has 9 heteroatoms. The molecule has 0 aliphatic carbocycles. The fraction of sp³-hybridized carbons (Fsp3) is 0.429. The summed E-state index contributed by atoms with van der Waals surface area (Å²) in [5.41, 5.74) is 2.14. The van der Waals surface area contributed by atoms with Gasteiger partial charge in [0, 0.05) is 31.1 Å². The van der Waals surface area contributed by atoms with Crippen molar-refractivity contribution in [2.75, 3.05) is 32.2 Å². The van der Waals surface area contributed by atoms with E-state index in [0.717, 1.165) is 59.9 Å². The number of nitrogens with one attached hydrogen (secondary N) is 1. The number of anilines is 1. The van der Waals surface area contributed by atoms with Crippen molar-refractivity contribution in [1.82, 2.24) is 20.4 Å². The topological polar surface area (TPSA) is 103 Å². The predicted molar refractivity (Wildman–Crippen MR) is 111 cm³/mol. The molecule has 1 N–H and O–H groups in total. The number of hydrogen-bond acceptors (Lipinski definition) is 8. The van der Waals surface area contributed by atoms with Crippen molar-refractivity contribution < 1.29 is 18.8 Å². The molecule has 0 saturated carbocycles. The third-order valence-corrected chi connectivity index (χ3v) is 5.53. The molecule has 1 aromatic carbocycles. The number of hydrogen-bond donors (Lipinski definition) is 1. The van der Waals surface area contributed by atoms with Gasteiger partial charge in [-0.15, -0.1) is 0 Å². The number of fused-ring (bicyclic) bond motifs is 1. The molecular formula is C21H25N5O4. The molecule has 1 saturated heterocycles. The van der Waals surface area contributed by atoms with Crippen LogP contribution in [-0.4, -0.2) is 48.3 Å². The maximum Gasteiger partial charge on any atom is 0.263 e. The quantitative estimate of drug-likeness (QED) is 0.660. The average molecular weight is 411 g/mol.